The summed E-state index contributed by atoms with van der Waals surface area (Å²) in [4.78, 5) is 0. The molecule has 3 atom stereocenters. The van der Waals surface area contributed by atoms with E-state index in [0.29, 0.717) is 0 Å². The number of rotatable bonds is 1. The maximum Gasteiger partial charge on any atom is 0.125 e. The fourth-order valence-electron chi connectivity index (χ4n) is 3.85. The molecule has 0 radical (unpaired) electrons. The van der Waals surface area contributed by atoms with Crippen LogP contribution in [0.2, 0.25) is 0 Å². The monoisotopic (exact) mass is 277 g/mol. The maximum absolute atomic E-state index is 13.4. The van der Waals surface area contributed by atoms with E-state index in [1.165, 1.54) is 37.8 Å². The zero-order chi connectivity index (χ0) is 14.2. The lowest BCUT2D eigenvalue weighted by Gasteiger charge is -2.41. The van der Waals surface area contributed by atoms with Gasteiger partial charge < -0.3 is 10.5 Å². The van der Waals surface area contributed by atoms with Crippen LogP contribution >= 0.6 is 0 Å². The van der Waals surface area contributed by atoms with Gasteiger partial charge in [0.05, 0.1) is 0 Å². The Morgan fingerprint density at radius 3 is 3.00 bits per heavy atom. The zero-order valence-electron chi connectivity index (χ0n) is 12.2. The molecule has 1 saturated carbocycles. The first-order chi connectivity index (χ1) is 9.62. The Bertz CT molecular complexity index is 490. The summed E-state index contributed by atoms with van der Waals surface area (Å²) in [5, 5.41) is 0. The molecule has 2 nitrogen and oxygen atoms in total. The second-order valence-electron chi connectivity index (χ2n) is 6.48. The van der Waals surface area contributed by atoms with Crippen molar-refractivity contribution in [2.24, 2.45) is 11.7 Å². The summed E-state index contributed by atoms with van der Waals surface area (Å²) in [6, 6.07) is 4.63. The molecule has 0 bridgehead atoms. The van der Waals surface area contributed by atoms with Crippen LogP contribution in [0.15, 0.2) is 18.2 Å². The van der Waals surface area contributed by atoms with Gasteiger partial charge in [-0.15, -0.1) is 0 Å². The number of benzene rings is 1. The van der Waals surface area contributed by atoms with Gasteiger partial charge in [-0.3, -0.25) is 0 Å². The number of fused-ring (bicyclic) bond motifs is 1. The minimum Gasteiger partial charge on any atom is -0.487 e. The Morgan fingerprint density at radius 1 is 1.35 bits per heavy atom. The summed E-state index contributed by atoms with van der Waals surface area (Å²) in [6.45, 7) is 2.27. The molecule has 3 rings (SSSR count). The third-order valence-corrected chi connectivity index (χ3v) is 5.12. The summed E-state index contributed by atoms with van der Waals surface area (Å²) >= 11 is 0. The minimum atomic E-state index is -0.231. The van der Waals surface area contributed by atoms with Crippen molar-refractivity contribution in [3.63, 3.8) is 0 Å². The van der Waals surface area contributed by atoms with Crippen LogP contribution in [-0.2, 0) is 0 Å². The Labute approximate surface area is 120 Å². The quantitative estimate of drug-likeness (QED) is 0.829. The van der Waals surface area contributed by atoms with Crippen molar-refractivity contribution in [2.45, 2.75) is 63.5 Å². The molecule has 1 heterocycles. The van der Waals surface area contributed by atoms with E-state index in [0.717, 1.165) is 36.5 Å². The van der Waals surface area contributed by atoms with Crippen LogP contribution in [0.4, 0.5) is 4.39 Å². The van der Waals surface area contributed by atoms with Crippen LogP contribution in [0.5, 0.6) is 5.75 Å². The molecule has 3 unspecified atom stereocenters. The average molecular weight is 277 g/mol. The zero-order valence-corrected chi connectivity index (χ0v) is 12.2. The first kappa shape index (κ1) is 13.9. The molecule has 0 aromatic heterocycles. The van der Waals surface area contributed by atoms with Crippen LogP contribution in [0, 0.1) is 11.7 Å². The third-order valence-electron chi connectivity index (χ3n) is 5.12. The highest BCUT2D eigenvalue weighted by Gasteiger charge is 2.41. The van der Waals surface area contributed by atoms with Gasteiger partial charge in [-0.25, -0.2) is 4.39 Å². The van der Waals surface area contributed by atoms with Gasteiger partial charge in [-0.2, -0.15) is 0 Å². The second-order valence-corrected chi connectivity index (χ2v) is 6.48. The minimum absolute atomic E-state index is 0.104. The molecule has 3 heteroatoms. The van der Waals surface area contributed by atoms with Crippen molar-refractivity contribution in [1.29, 1.82) is 0 Å². The van der Waals surface area contributed by atoms with E-state index in [2.05, 4.69) is 6.92 Å². The van der Waals surface area contributed by atoms with Gasteiger partial charge in [0.15, 0.2) is 0 Å². The maximum atomic E-state index is 13.4. The van der Waals surface area contributed by atoms with Gasteiger partial charge in [-0.05, 0) is 49.8 Å². The van der Waals surface area contributed by atoms with Crippen LogP contribution in [-0.4, -0.2) is 5.60 Å². The summed E-state index contributed by atoms with van der Waals surface area (Å²) in [5.41, 5.74) is 7.00. The molecule has 2 aliphatic rings. The number of ether oxygens (including phenoxy) is 1. The van der Waals surface area contributed by atoms with Crippen LogP contribution < -0.4 is 10.5 Å². The van der Waals surface area contributed by atoms with Crippen molar-refractivity contribution in [1.82, 2.24) is 0 Å². The Morgan fingerprint density at radius 2 is 2.20 bits per heavy atom. The molecule has 0 saturated heterocycles. The number of hydrogen-bond donors (Lipinski definition) is 1. The summed E-state index contributed by atoms with van der Waals surface area (Å²) in [6.07, 6.45) is 7.96. The SMILES string of the molecule is CCC1CCCC2(CC1)CC(N)c1cc(F)ccc1O2. The lowest BCUT2D eigenvalue weighted by atomic mass is 9.82. The van der Waals surface area contributed by atoms with Crippen LogP contribution in [0.1, 0.15) is 63.5 Å². The Kier molecular flexibility index (Phi) is 3.72. The van der Waals surface area contributed by atoms with E-state index in [1.54, 1.807) is 6.07 Å². The topological polar surface area (TPSA) is 35.2 Å². The highest BCUT2D eigenvalue weighted by Crippen LogP contribution is 2.45. The van der Waals surface area contributed by atoms with E-state index < -0.39 is 0 Å². The molecule has 110 valence electrons. The lowest BCUT2D eigenvalue weighted by Crippen LogP contribution is -2.42. The van der Waals surface area contributed by atoms with E-state index in [4.69, 9.17) is 10.5 Å². The van der Waals surface area contributed by atoms with Crippen molar-refractivity contribution >= 4 is 0 Å². The first-order valence-electron chi connectivity index (χ1n) is 7.86. The first-order valence-corrected chi connectivity index (χ1v) is 7.86. The van der Waals surface area contributed by atoms with E-state index >= 15 is 0 Å². The average Bonchev–Trinajstić information content (AvgIpc) is 2.62. The molecule has 1 fully saturated rings. The molecule has 0 amide bonds. The summed E-state index contributed by atoms with van der Waals surface area (Å²) < 4.78 is 19.7. The molecule has 2 N–H and O–H groups in total. The number of hydrogen-bond acceptors (Lipinski definition) is 2. The number of halogens is 1. The van der Waals surface area contributed by atoms with Gasteiger partial charge in [0, 0.05) is 18.0 Å². The highest BCUT2D eigenvalue weighted by molar-refractivity contribution is 5.39. The van der Waals surface area contributed by atoms with Gasteiger partial charge in [0.25, 0.3) is 0 Å². The molecular formula is C17H24FNO. The smallest absolute Gasteiger partial charge is 0.125 e. The molecule has 1 spiro atoms. The molecule has 1 aliphatic heterocycles. The molecule has 1 aromatic rings. The van der Waals surface area contributed by atoms with Crippen molar-refractivity contribution < 1.29 is 9.13 Å². The van der Waals surface area contributed by atoms with E-state index in [-0.39, 0.29) is 17.5 Å². The normalized spacial score (nSPS) is 33.4. The third kappa shape index (κ3) is 2.56. The molecular weight excluding hydrogens is 253 g/mol. The number of nitrogens with two attached hydrogens (primary N) is 1. The van der Waals surface area contributed by atoms with Crippen molar-refractivity contribution in [3.05, 3.63) is 29.6 Å². The van der Waals surface area contributed by atoms with Gasteiger partial charge >= 0.3 is 0 Å². The molecule has 1 aliphatic carbocycles. The van der Waals surface area contributed by atoms with Gasteiger partial charge in [0.2, 0.25) is 0 Å². The molecule has 1 aromatic carbocycles. The molecule has 20 heavy (non-hydrogen) atoms. The summed E-state index contributed by atoms with van der Waals surface area (Å²) in [7, 11) is 0. The fraction of sp³-hybridized carbons (Fsp3) is 0.647. The van der Waals surface area contributed by atoms with E-state index in [9.17, 15) is 4.39 Å². The largest absolute Gasteiger partial charge is 0.487 e. The van der Waals surface area contributed by atoms with Crippen molar-refractivity contribution in [2.75, 3.05) is 0 Å². The van der Waals surface area contributed by atoms with Crippen LogP contribution in [0.25, 0.3) is 0 Å². The predicted molar refractivity (Wildman–Crippen MR) is 78.2 cm³/mol. The van der Waals surface area contributed by atoms with Crippen LogP contribution in [0.3, 0.4) is 0 Å². The fourth-order valence-corrected chi connectivity index (χ4v) is 3.85. The standard InChI is InChI=1S/C17H24FNO/c1-2-12-4-3-8-17(9-7-12)11-15(19)14-10-13(18)5-6-16(14)20-17/h5-6,10,12,15H,2-4,7-9,11,19H2,1H3. The second kappa shape index (κ2) is 5.36. The van der Waals surface area contributed by atoms with Gasteiger partial charge in [0.1, 0.15) is 17.2 Å². The lowest BCUT2D eigenvalue weighted by molar-refractivity contribution is 0.0201. The Hall–Kier alpha value is -1.09. The van der Waals surface area contributed by atoms with Crippen molar-refractivity contribution in [3.8, 4) is 5.75 Å². The van der Waals surface area contributed by atoms with E-state index in [1.807, 2.05) is 0 Å². The predicted octanol–water partition coefficient (Wildman–Crippen LogP) is 4.34. The Balaban J connectivity index is 1.85. The highest BCUT2D eigenvalue weighted by atomic mass is 19.1. The van der Waals surface area contributed by atoms with Gasteiger partial charge in [-0.1, -0.05) is 19.8 Å². The summed E-state index contributed by atoms with van der Waals surface area (Å²) in [5.74, 6) is 1.38.